The molecular formula is C10H19O4Si. The molecule has 0 saturated heterocycles. The van der Waals surface area contributed by atoms with Crippen LogP contribution in [0.25, 0.3) is 0 Å². The van der Waals surface area contributed by atoms with E-state index in [9.17, 15) is 9.59 Å². The Labute approximate surface area is 93.1 Å². The second-order valence-corrected chi connectivity index (χ2v) is 6.44. The Morgan fingerprint density at radius 3 is 1.27 bits per heavy atom. The van der Waals surface area contributed by atoms with E-state index in [0.29, 0.717) is 0 Å². The van der Waals surface area contributed by atoms with Crippen LogP contribution in [0.2, 0.25) is 0 Å². The number of carbonyl (C=O) groups excluding carboxylic acids is 2. The van der Waals surface area contributed by atoms with Crippen molar-refractivity contribution in [2.75, 3.05) is 0 Å². The number of hydrogen-bond acceptors (Lipinski definition) is 4. The summed E-state index contributed by atoms with van der Waals surface area (Å²) in [6.07, 6.45) is 0. The molecule has 15 heavy (non-hydrogen) atoms. The van der Waals surface area contributed by atoms with E-state index in [1.54, 1.807) is 41.5 Å². The Morgan fingerprint density at radius 2 is 1.07 bits per heavy atom. The van der Waals surface area contributed by atoms with Crippen LogP contribution in [-0.2, 0) is 9.47 Å². The first-order valence-corrected chi connectivity index (χ1v) is 5.96. The normalized spacial score (nSPS) is 12.1. The lowest BCUT2D eigenvalue weighted by Crippen LogP contribution is -2.33. The third kappa shape index (κ3) is 9.46. The molecule has 0 bridgehead atoms. The second-order valence-electron chi connectivity index (χ2n) is 5.21. The highest BCUT2D eigenvalue weighted by Crippen LogP contribution is 2.09. The van der Waals surface area contributed by atoms with E-state index in [0.717, 1.165) is 0 Å². The number of ether oxygens (including phenoxy) is 2. The largest absolute Gasteiger partial charge is 0.464 e. The summed E-state index contributed by atoms with van der Waals surface area (Å²) in [7, 11) is -1.11. The van der Waals surface area contributed by atoms with Gasteiger partial charge in [0.2, 0.25) is 0 Å². The van der Waals surface area contributed by atoms with Crippen LogP contribution in [0.4, 0.5) is 9.59 Å². The fourth-order valence-electron chi connectivity index (χ4n) is 0.759. The lowest BCUT2D eigenvalue weighted by Gasteiger charge is -2.21. The molecule has 0 unspecified atom stereocenters. The monoisotopic (exact) mass is 231 g/mol. The van der Waals surface area contributed by atoms with Crippen molar-refractivity contribution in [2.24, 2.45) is 0 Å². The molecule has 4 nitrogen and oxygen atoms in total. The lowest BCUT2D eigenvalue weighted by molar-refractivity contribution is 0.0657. The van der Waals surface area contributed by atoms with Gasteiger partial charge in [-0.2, -0.15) is 0 Å². The molecular weight excluding hydrogens is 212 g/mol. The molecule has 0 fully saturated rings. The van der Waals surface area contributed by atoms with E-state index < -0.39 is 31.9 Å². The minimum absolute atomic E-state index is 0.475. The van der Waals surface area contributed by atoms with Crippen molar-refractivity contribution < 1.29 is 19.1 Å². The molecule has 0 aromatic rings. The Bertz CT molecular complexity index is 221. The summed E-state index contributed by atoms with van der Waals surface area (Å²) >= 11 is 0. The maximum atomic E-state index is 11.3. The Morgan fingerprint density at radius 1 is 0.800 bits per heavy atom. The van der Waals surface area contributed by atoms with Gasteiger partial charge >= 0.3 is 9.52 Å². The second kappa shape index (κ2) is 4.79. The molecule has 87 valence electrons. The topological polar surface area (TPSA) is 52.6 Å². The van der Waals surface area contributed by atoms with Gasteiger partial charge < -0.3 is 9.47 Å². The maximum Gasteiger partial charge on any atom is 0.310 e. The third-order valence-electron chi connectivity index (χ3n) is 1.05. The Balaban J connectivity index is 4.04. The van der Waals surface area contributed by atoms with Crippen LogP contribution in [0.15, 0.2) is 0 Å². The van der Waals surface area contributed by atoms with Gasteiger partial charge in [-0.15, -0.1) is 0 Å². The zero-order valence-electron chi connectivity index (χ0n) is 10.2. The van der Waals surface area contributed by atoms with Gasteiger partial charge in [0.05, 0.1) is 0 Å². The van der Waals surface area contributed by atoms with Crippen LogP contribution in [0.3, 0.4) is 0 Å². The van der Waals surface area contributed by atoms with Crippen LogP contribution >= 0.6 is 0 Å². The van der Waals surface area contributed by atoms with Crippen molar-refractivity contribution in [3.8, 4) is 0 Å². The first-order chi connectivity index (χ1) is 6.49. The molecule has 0 spiro atoms. The molecule has 0 amide bonds. The van der Waals surface area contributed by atoms with Gasteiger partial charge in [-0.05, 0) is 41.5 Å². The first kappa shape index (κ1) is 14.2. The average Bonchev–Trinajstić information content (AvgIpc) is 1.73. The average molecular weight is 231 g/mol. The summed E-state index contributed by atoms with van der Waals surface area (Å²) in [4.78, 5) is 22.5. The molecule has 0 aromatic carbocycles. The van der Waals surface area contributed by atoms with Gasteiger partial charge in [-0.1, -0.05) is 0 Å². The van der Waals surface area contributed by atoms with Crippen LogP contribution < -0.4 is 0 Å². The van der Waals surface area contributed by atoms with Crippen molar-refractivity contribution in [2.45, 2.75) is 52.7 Å². The Kier molecular flexibility index (Phi) is 4.52. The summed E-state index contributed by atoms with van der Waals surface area (Å²) < 4.78 is 10.0. The van der Waals surface area contributed by atoms with Gasteiger partial charge in [-0.25, -0.2) is 0 Å². The number of hydrogen-bond donors (Lipinski definition) is 0. The summed E-state index contributed by atoms with van der Waals surface area (Å²) in [5.41, 5.74) is -2.05. The van der Waals surface area contributed by atoms with Crippen molar-refractivity contribution in [1.82, 2.24) is 0 Å². The summed E-state index contributed by atoms with van der Waals surface area (Å²) in [6.45, 7) is 10.6. The van der Waals surface area contributed by atoms with E-state index in [-0.39, 0.29) is 0 Å². The smallest absolute Gasteiger partial charge is 0.310 e. The molecule has 0 heterocycles. The van der Waals surface area contributed by atoms with Crippen LogP contribution in [0, 0.1) is 0 Å². The van der Waals surface area contributed by atoms with Gasteiger partial charge in [0.25, 0.3) is 11.2 Å². The minimum atomic E-state index is -1.11. The molecule has 0 aliphatic heterocycles. The maximum absolute atomic E-state index is 11.3. The van der Waals surface area contributed by atoms with E-state index in [1.807, 2.05) is 0 Å². The molecule has 0 aromatic heterocycles. The predicted molar refractivity (Wildman–Crippen MR) is 59.6 cm³/mol. The number of rotatable bonds is 2. The molecule has 0 N–H and O–H groups in total. The van der Waals surface area contributed by atoms with E-state index >= 15 is 0 Å². The third-order valence-corrected chi connectivity index (χ3v) is 1.76. The van der Waals surface area contributed by atoms with Crippen LogP contribution in [0.1, 0.15) is 41.5 Å². The number of carbonyl (C=O) groups is 2. The molecule has 0 saturated carbocycles. The summed E-state index contributed by atoms with van der Waals surface area (Å²) in [5.74, 6) is 0. The molecule has 0 aliphatic rings. The molecule has 0 aliphatic carbocycles. The predicted octanol–water partition coefficient (Wildman–Crippen LogP) is 2.29. The van der Waals surface area contributed by atoms with Gasteiger partial charge in [0, 0.05) is 0 Å². The SMILES string of the molecule is CC(C)(C)OC(=O)[SiH]C(=O)OC(C)(C)C. The quantitative estimate of drug-likeness (QED) is 0.684. The van der Waals surface area contributed by atoms with E-state index in [4.69, 9.17) is 9.47 Å². The van der Waals surface area contributed by atoms with Crippen LogP contribution in [-0.4, -0.2) is 31.9 Å². The highest BCUT2D eigenvalue weighted by atomic mass is 28.2. The standard InChI is InChI=1S/C10H19O4Si/c1-9(2,3)13-7(11)15-8(12)14-10(4,5)6/h15H,1-6H3. The molecule has 1 radical (unpaired) electrons. The fraction of sp³-hybridized carbons (Fsp3) is 0.800. The zero-order chi connectivity index (χ0) is 12.3. The van der Waals surface area contributed by atoms with Crippen molar-refractivity contribution in [3.05, 3.63) is 0 Å². The Hall–Kier alpha value is -0.843. The van der Waals surface area contributed by atoms with Gasteiger partial charge in [0.15, 0.2) is 0 Å². The van der Waals surface area contributed by atoms with Gasteiger partial charge in [0.1, 0.15) is 11.2 Å². The first-order valence-electron chi connectivity index (χ1n) is 4.80. The minimum Gasteiger partial charge on any atom is -0.464 e. The highest BCUT2D eigenvalue weighted by Gasteiger charge is 2.24. The fourth-order valence-corrected chi connectivity index (χ4v) is 1.78. The summed E-state index contributed by atoms with van der Waals surface area (Å²) in [6, 6.07) is 0. The van der Waals surface area contributed by atoms with E-state index in [2.05, 4.69) is 0 Å². The highest BCUT2D eigenvalue weighted by molar-refractivity contribution is 6.95. The van der Waals surface area contributed by atoms with E-state index in [1.165, 1.54) is 0 Å². The van der Waals surface area contributed by atoms with Crippen LogP contribution in [0.5, 0.6) is 0 Å². The summed E-state index contributed by atoms with van der Waals surface area (Å²) in [5, 5.41) is 0. The lowest BCUT2D eigenvalue weighted by atomic mass is 10.2. The molecule has 0 atom stereocenters. The van der Waals surface area contributed by atoms with Crippen molar-refractivity contribution >= 4 is 20.7 Å². The van der Waals surface area contributed by atoms with Crippen molar-refractivity contribution in [3.63, 3.8) is 0 Å². The molecule has 5 heteroatoms. The van der Waals surface area contributed by atoms with Crippen molar-refractivity contribution in [1.29, 1.82) is 0 Å². The molecule has 0 rings (SSSR count). The zero-order valence-corrected chi connectivity index (χ0v) is 11.4. The van der Waals surface area contributed by atoms with Gasteiger partial charge in [-0.3, -0.25) is 9.59 Å².